The van der Waals surface area contributed by atoms with Gasteiger partial charge in [-0.25, -0.2) is 0 Å². The van der Waals surface area contributed by atoms with Crippen LogP contribution in [0.5, 0.6) is 0 Å². The van der Waals surface area contributed by atoms with Gasteiger partial charge < -0.3 is 10.9 Å². The Hall–Kier alpha value is -0.770. The lowest BCUT2D eigenvalue weighted by Crippen LogP contribution is -2.49. The van der Waals surface area contributed by atoms with Gasteiger partial charge >= 0.3 is 0 Å². The summed E-state index contributed by atoms with van der Waals surface area (Å²) < 4.78 is 0. The molecule has 1 unspecified atom stereocenters. The fourth-order valence-electron chi connectivity index (χ4n) is 3.66. The SMILES string of the molecule is CCC(C(N)=NO)N1CCC2(CCCC2)CC1. The van der Waals surface area contributed by atoms with E-state index in [1.165, 1.54) is 38.5 Å². The molecule has 4 nitrogen and oxygen atoms in total. The van der Waals surface area contributed by atoms with Crippen molar-refractivity contribution in [2.45, 2.75) is 57.9 Å². The third-order valence-corrected chi connectivity index (χ3v) is 4.81. The third-order valence-electron chi connectivity index (χ3n) is 4.81. The van der Waals surface area contributed by atoms with E-state index in [9.17, 15) is 0 Å². The second kappa shape index (κ2) is 5.25. The van der Waals surface area contributed by atoms with Crippen LogP contribution in [0, 0.1) is 5.41 Å². The second-order valence-corrected chi connectivity index (χ2v) is 5.69. The number of nitrogens with two attached hydrogens (primary N) is 1. The minimum Gasteiger partial charge on any atom is -0.409 e. The molecule has 2 aliphatic rings. The van der Waals surface area contributed by atoms with E-state index in [1.807, 2.05) is 0 Å². The molecule has 1 saturated heterocycles. The minimum atomic E-state index is 0.124. The highest BCUT2D eigenvalue weighted by Gasteiger charge is 2.38. The number of nitrogens with zero attached hydrogens (tertiary/aromatic N) is 2. The van der Waals surface area contributed by atoms with E-state index in [-0.39, 0.29) is 6.04 Å². The van der Waals surface area contributed by atoms with Gasteiger partial charge in [-0.15, -0.1) is 0 Å². The first-order valence-electron chi connectivity index (χ1n) is 6.92. The Bertz CT molecular complexity index is 274. The standard InChI is InChI=1S/C13H25N3O/c1-2-11(12(14)15-17)16-9-7-13(8-10-16)5-3-4-6-13/h11,17H,2-10H2,1H3,(H2,14,15). The Balaban J connectivity index is 1.93. The van der Waals surface area contributed by atoms with Gasteiger partial charge in [-0.05, 0) is 50.6 Å². The van der Waals surface area contributed by atoms with Crippen LogP contribution in [0.1, 0.15) is 51.9 Å². The zero-order chi connectivity index (χ0) is 12.3. The van der Waals surface area contributed by atoms with Crippen LogP contribution in [0.3, 0.4) is 0 Å². The molecule has 0 radical (unpaired) electrons. The zero-order valence-corrected chi connectivity index (χ0v) is 10.9. The van der Waals surface area contributed by atoms with E-state index in [2.05, 4.69) is 17.0 Å². The molecule has 0 amide bonds. The average Bonchev–Trinajstić information content (AvgIpc) is 2.81. The smallest absolute Gasteiger partial charge is 0.156 e. The van der Waals surface area contributed by atoms with Crippen LogP contribution in [-0.2, 0) is 0 Å². The molecule has 0 aromatic rings. The van der Waals surface area contributed by atoms with Crippen molar-refractivity contribution in [2.24, 2.45) is 16.3 Å². The molecule has 1 spiro atoms. The number of rotatable bonds is 3. The third kappa shape index (κ3) is 2.57. The van der Waals surface area contributed by atoms with Gasteiger partial charge in [0.1, 0.15) is 0 Å². The molecular formula is C13H25N3O. The maximum absolute atomic E-state index is 8.81. The summed E-state index contributed by atoms with van der Waals surface area (Å²) in [6.07, 6.45) is 9.17. The molecule has 0 aromatic heterocycles. The Kier molecular flexibility index (Phi) is 3.92. The van der Waals surface area contributed by atoms with Gasteiger partial charge in [-0.2, -0.15) is 0 Å². The van der Waals surface area contributed by atoms with Crippen molar-refractivity contribution in [3.63, 3.8) is 0 Å². The Morgan fingerprint density at radius 2 is 1.88 bits per heavy atom. The molecule has 1 aliphatic carbocycles. The predicted octanol–water partition coefficient (Wildman–Crippen LogP) is 2.17. The van der Waals surface area contributed by atoms with Crippen molar-refractivity contribution in [1.29, 1.82) is 0 Å². The zero-order valence-electron chi connectivity index (χ0n) is 10.9. The molecule has 2 rings (SSSR count). The monoisotopic (exact) mass is 239 g/mol. The molecular weight excluding hydrogens is 214 g/mol. The molecule has 4 heteroatoms. The first-order valence-corrected chi connectivity index (χ1v) is 6.92. The maximum atomic E-state index is 8.81. The molecule has 17 heavy (non-hydrogen) atoms. The summed E-state index contributed by atoms with van der Waals surface area (Å²) in [5.74, 6) is 0.370. The lowest BCUT2D eigenvalue weighted by atomic mass is 9.76. The van der Waals surface area contributed by atoms with E-state index < -0.39 is 0 Å². The molecule has 2 fully saturated rings. The minimum absolute atomic E-state index is 0.124. The van der Waals surface area contributed by atoms with Crippen molar-refractivity contribution >= 4 is 5.84 Å². The van der Waals surface area contributed by atoms with E-state index in [0.717, 1.165) is 19.5 Å². The average molecular weight is 239 g/mol. The molecule has 98 valence electrons. The van der Waals surface area contributed by atoms with Crippen molar-refractivity contribution in [2.75, 3.05) is 13.1 Å². The molecule has 1 heterocycles. The van der Waals surface area contributed by atoms with E-state index in [1.54, 1.807) is 0 Å². The highest BCUT2D eigenvalue weighted by Crippen LogP contribution is 2.46. The van der Waals surface area contributed by atoms with Crippen LogP contribution in [0.25, 0.3) is 0 Å². The normalized spacial score (nSPS) is 27.5. The molecule has 1 atom stereocenters. The molecule has 1 saturated carbocycles. The van der Waals surface area contributed by atoms with Gasteiger partial charge in [-0.1, -0.05) is 24.9 Å². The summed E-state index contributed by atoms with van der Waals surface area (Å²) in [5.41, 5.74) is 6.40. The van der Waals surface area contributed by atoms with Crippen molar-refractivity contribution in [3.05, 3.63) is 0 Å². The lowest BCUT2D eigenvalue weighted by molar-refractivity contribution is 0.0925. The number of hydrogen-bond acceptors (Lipinski definition) is 3. The number of piperidine rings is 1. The highest BCUT2D eigenvalue weighted by molar-refractivity contribution is 5.85. The van der Waals surface area contributed by atoms with Gasteiger partial charge in [0.25, 0.3) is 0 Å². The number of amidine groups is 1. The number of hydrogen-bond donors (Lipinski definition) is 2. The second-order valence-electron chi connectivity index (χ2n) is 5.69. The quantitative estimate of drug-likeness (QED) is 0.343. The Labute approximate surface area is 104 Å². The van der Waals surface area contributed by atoms with Gasteiger partial charge in [0.15, 0.2) is 5.84 Å². The van der Waals surface area contributed by atoms with Crippen LogP contribution in [0.2, 0.25) is 0 Å². The van der Waals surface area contributed by atoms with Crippen molar-refractivity contribution in [1.82, 2.24) is 4.90 Å². The van der Waals surface area contributed by atoms with Gasteiger partial charge in [0.05, 0.1) is 6.04 Å². The summed E-state index contributed by atoms with van der Waals surface area (Å²) in [4.78, 5) is 2.39. The van der Waals surface area contributed by atoms with Crippen LogP contribution >= 0.6 is 0 Å². The van der Waals surface area contributed by atoms with Gasteiger partial charge in [0.2, 0.25) is 0 Å². The van der Waals surface area contributed by atoms with E-state index in [0.29, 0.717) is 11.3 Å². The molecule has 0 aromatic carbocycles. The van der Waals surface area contributed by atoms with Crippen LogP contribution in [-0.4, -0.2) is 35.1 Å². The molecule has 3 N–H and O–H groups in total. The topological polar surface area (TPSA) is 61.9 Å². The van der Waals surface area contributed by atoms with Crippen molar-refractivity contribution < 1.29 is 5.21 Å². The molecule has 0 bridgehead atoms. The Morgan fingerprint density at radius 3 is 2.35 bits per heavy atom. The fourth-order valence-corrected chi connectivity index (χ4v) is 3.66. The highest BCUT2D eigenvalue weighted by atomic mass is 16.4. The van der Waals surface area contributed by atoms with Gasteiger partial charge in [-0.3, -0.25) is 4.90 Å². The van der Waals surface area contributed by atoms with Gasteiger partial charge in [0, 0.05) is 0 Å². The van der Waals surface area contributed by atoms with Crippen LogP contribution in [0.15, 0.2) is 5.16 Å². The summed E-state index contributed by atoms with van der Waals surface area (Å²) in [6, 6.07) is 0.124. The van der Waals surface area contributed by atoms with E-state index >= 15 is 0 Å². The first kappa shape index (κ1) is 12.7. The number of oxime groups is 1. The summed E-state index contributed by atoms with van der Waals surface area (Å²) in [5, 5.41) is 12.0. The largest absolute Gasteiger partial charge is 0.409 e. The summed E-state index contributed by atoms with van der Waals surface area (Å²) in [7, 11) is 0. The lowest BCUT2D eigenvalue weighted by Gasteiger charge is -2.42. The fraction of sp³-hybridized carbons (Fsp3) is 0.923. The summed E-state index contributed by atoms with van der Waals surface area (Å²) in [6.45, 7) is 4.31. The Morgan fingerprint density at radius 1 is 1.29 bits per heavy atom. The van der Waals surface area contributed by atoms with Crippen molar-refractivity contribution in [3.8, 4) is 0 Å². The summed E-state index contributed by atoms with van der Waals surface area (Å²) >= 11 is 0. The maximum Gasteiger partial charge on any atom is 0.156 e. The predicted molar refractivity (Wildman–Crippen MR) is 69.2 cm³/mol. The van der Waals surface area contributed by atoms with Crippen LogP contribution < -0.4 is 5.73 Å². The number of likely N-dealkylation sites (tertiary alicyclic amines) is 1. The van der Waals surface area contributed by atoms with E-state index in [4.69, 9.17) is 10.9 Å². The first-order chi connectivity index (χ1) is 8.21. The van der Waals surface area contributed by atoms with Crippen LogP contribution in [0.4, 0.5) is 0 Å². The molecule has 1 aliphatic heterocycles.